The van der Waals surface area contributed by atoms with E-state index < -0.39 is 40.8 Å². The van der Waals surface area contributed by atoms with Crippen LogP contribution in [0.3, 0.4) is 0 Å². The van der Waals surface area contributed by atoms with Gasteiger partial charge < -0.3 is 9.47 Å². The predicted octanol–water partition coefficient (Wildman–Crippen LogP) is 4.94. The molecule has 0 spiro atoms. The SMILES string of the molecule is COc1cc(C)c(C(F)(F)C(F)(F)C(F)(F)C(F)(F)F)cc1OC. The highest BCUT2D eigenvalue weighted by molar-refractivity contribution is 5.49. The van der Waals surface area contributed by atoms with Crippen LogP contribution in [0.15, 0.2) is 12.1 Å². The van der Waals surface area contributed by atoms with E-state index in [1.807, 2.05) is 0 Å². The lowest BCUT2D eigenvalue weighted by Crippen LogP contribution is -2.59. The van der Waals surface area contributed by atoms with E-state index in [0.717, 1.165) is 27.2 Å². The molecule has 0 saturated carbocycles. The maximum absolute atomic E-state index is 13.9. The average Bonchev–Trinajstić information content (AvgIpc) is 2.44. The molecule has 11 heteroatoms. The lowest BCUT2D eigenvalue weighted by atomic mass is 9.93. The monoisotopic (exact) mass is 370 g/mol. The number of hydrogen-bond donors (Lipinski definition) is 0. The van der Waals surface area contributed by atoms with E-state index in [1.54, 1.807) is 0 Å². The number of aryl methyl sites for hydroxylation is 1. The Bertz CT molecular complexity index is 608. The van der Waals surface area contributed by atoms with Gasteiger partial charge in [0.05, 0.1) is 14.2 Å². The summed E-state index contributed by atoms with van der Waals surface area (Å²) in [6, 6.07) is 0.985. The van der Waals surface area contributed by atoms with Crippen molar-refractivity contribution in [1.82, 2.24) is 0 Å². The standard InChI is InChI=1S/C13H11F9O2/c1-6-4-8(23-2)9(24-3)5-7(6)10(14,15)11(16,17)12(18,19)13(20,21)22/h4-5H,1-3H3. The van der Waals surface area contributed by atoms with E-state index >= 15 is 0 Å². The molecule has 0 aliphatic carbocycles. The quantitative estimate of drug-likeness (QED) is 0.684. The van der Waals surface area contributed by atoms with E-state index in [-0.39, 0.29) is 11.8 Å². The second-order valence-electron chi connectivity index (χ2n) is 4.74. The van der Waals surface area contributed by atoms with Gasteiger partial charge in [-0.2, -0.15) is 39.5 Å². The summed E-state index contributed by atoms with van der Waals surface area (Å²) in [6.07, 6.45) is -6.87. The topological polar surface area (TPSA) is 18.5 Å². The summed E-state index contributed by atoms with van der Waals surface area (Å²) in [4.78, 5) is 0. The van der Waals surface area contributed by atoms with Crippen molar-refractivity contribution in [2.24, 2.45) is 0 Å². The molecule has 1 aromatic rings. The number of benzene rings is 1. The van der Waals surface area contributed by atoms with Crippen molar-refractivity contribution in [3.05, 3.63) is 23.3 Å². The van der Waals surface area contributed by atoms with Crippen LogP contribution in [0, 0.1) is 6.92 Å². The third-order valence-electron chi connectivity index (χ3n) is 3.21. The predicted molar refractivity (Wildman–Crippen MR) is 64.1 cm³/mol. The fourth-order valence-electron chi connectivity index (χ4n) is 1.86. The molecule has 0 fully saturated rings. The minimum Gasteiger partial charge on any atom is -0.493 e. The average molecular weight is 370 g/mol. The van der Waals surface area contributed by atoms with Crippen LogP contribution in [-0.2, 0) is 5.92 Å². The normalized spacial score (nSPS) is 13.8. The molecule has 2 nitrogen and oxygen atoms in total. The molecule has 1 aromatic carbocycles. The van der Waals surface area contributed by atoms with Crippen LogP contribution >= 0.6 is 0 Å². The van der Waals surface area contributed by atoms with Crippen molar-refractivity contribution < 1.29 is 49.0 Å². The number of rotatable bonds is 5. The van der Waals surface area contributed by atoms with E-state index in [0.29, 0.717) is 0 Å². The highest BCUT2D eigenvalue weighted by Gasteiger charge is 2.82. The van der Waals surface area contributed by atoms with Crippen molar-refractivity contribution in [3.63, 3.8) is 0 Å². The summed E-state index contributed by atoms with van der Waals surface area (Å²) in [5.41, 5.74) is -2.43. The van der Waals surface area contributed by atoms with Gasteiger partial charge in [0.2, 0.25) is 0 Å². The molecule has 0 bridgehead atoms. The number of hydrogen-bond acceptors (Lipinski definition) is 2. The molecule has 0 unspecified atom stereocenters. The molecule has 1 rings (SSSR count). The van der Waals surface area contributed by atoms with Crippen LogP contribution in [0.4, 0.5) is 39.5 Å². The molecule has 0 atom stereocenters. The van der Waals surface area contributed by atoms with Gasteiger partial charge in [-0.15, -0.1) is 0 Å². The summed E-state index contributed by atoms with van der Waals surface area (Å²) in [7, 11) is 2.03. The minimum atomic E-state index is -6.96. The van der Waals surface area contributed by atoms with Gasteiger partial charge in [-0.05, 0) is 24.6 Å². The summed E-state index contributed by atoms with van der Waals surface area (Å²) >= 11 is 0. The van der Waals surface area contributed by atoms with Crippen molar-refractivity contribution >= 4 is 0 Å². The molecule has 0 aliphatic rings. The molecule has 0 amide bonds. The zero-order chi connectivity index (χ0) is 19.1. The molecule has 0 aliphatic heterocycles. The molecular weight excluding hydrogens is 359 g/mol. The molecule has 0 aromatic heterocycles. The Hall–Kier alpha value is -1.81. The second kappa shape index (κ2) is 5.92. The van der Waals surface area contributed by atoms with Crippen LogP contribution in [0.2, 0.25) is 0 Å². The highest BCUT2D eigenvalue weighted by atomic mass is 19.4. The van der Waals surface area contributed by atoms with Gasteiger partial charge in [0.1, 0.15) is 0 Å². The fraction of sp³-hybridized carbons (Fsp3) is 0.538. The first-order valence-electron chi connectivity index (χ1n) is 6.08. The first kappa shape index (κ1) is 20.2. The van der Waals surface area contributed by atoms with Gasteiger partial charge in [0.15, 0.2) is 11.5 Å². The Morgan fingerprint density at radius 2 is 1.12 bits per heavy atom. The zero-order valence-electron chi connectivity index (χ0n) is 12.4. The first-order valence-corrected chi connectivity index (χ1v) is 6.08. The summed E-state index contributed by atoms with van der Waals surface area (Å²) in [6.45, 7) is 0.826. The van der Waals surface area contributed by atoms with Crippen LogP contribution in [0.1, 0.15) is 11.1 Å². The van der Waals surface area contributed by atoms with Crippen LogP contribution in [0.5, 0.6) is 11.5 Å². The Labute approximate surface area is 130 Å². The third-order valence-corrected chi connectivity index (χ3v) is 3.21. The smallest absolute Gasteiger partial charge is 0.460 e. The largest absolute Gasteiger partial charge is 0.493 e. The highest BCUT2D eigenvalue weighted by Crippen LogP contribution is 2.57. The van der Waals surface area contributed by atoms with E-state index in [2.05, 4.69) is 4.74 Å². The van der Waals surface area contributed by atoms with Gasteiger partial charge in [-0.1, -0.05) is 0 Å². The van der Waals surface area contributed by atoms with Crippen LogP contribution in [0.25, 0.3) is 0 Å². The molecule has 24 heavy (non-hydrogen) atoms. The van der Waals surface area contributed by atoms with Gasteiger partial charge in [0.25, 0.3) is 0 Å². The summed E-state index contributed by atoms with van der Waals surface area (Å²) < 4.78 is 126. The number of alkyl halides is 9. The fourth-order valence-corrected chi connectivity index (χ4v) is 1.86. The number of halogens is 9. The zero-order valence-corrected chi connectivity index (χ0v) is 12.4. The number of methoxy groups -OCH3 is 2. The van der Waals surface area contributed by atoms with E-state index in [9.17, 15) is 39.5 Å². The molecule has 0 saturated heterocycles. The van der Waals surface area contributed by atoms with Crippen molar-refractivity contribution in [3.8, 4) is 11.5 Å². The summed E-state index contributed by atoms with van der Waals surface area (Å²) in [5, 5.41) is 0. The number of ether oxygens (including phenoxy) is 2. The Balaban J connectivity index is 3.60. The molecule has 138 valence electrons. The molecular formula is C13H11F9O2. The van der Waals surface area contributed by atoms with Crippen molar-refractivity contribution in [1.29, 1.82) is 0 Å². The van der Waals surface area contributed by atoms with Crippen LogP contribution in [-0.4, -0.2) is 32.2 Å². The molecule has 0 radical (unpaired) electrons. The third kappa shape index (κ3) is 2.84. The lowest BCUT2D eigenvalue weighted by Gasteiger charge is -2.34. The Kier molecular flexibility index (Phi) is 4.99. The molecule has 0 N–H and O–H groups in total. The maximum Gasteiger partial charge on any atom is 0.460 e. The van der Waals surface area contributed by atoms with Gasteiger partial charge >= 0.3 is 23.9 Å². The van der Waals surface area contributed by atoms with E-state index in [1.165, 1.54) is 0 Å². The Morgan fingerprint density at radius 1 is 0.708 bits per heavy atom. The van der Waals surface area contributed by atoms with Gasteiger partial charge in [0, 0.05) is 5.56 Å². The van der Waals surface area contributed by atoms with E-state index in [4.69, 9.17) is 4.74 Å². The lowest BCUT2D eigenvalue weighted by molar-refractivity contribution is -0.399. The summed E-state index contributed by atoms with van der Waals surface area (Å²) in [5.74, 6) is -20.3. The van der Waals surface area contributed by atoms with Crippen molar-refractivity contribution in [2.75, 3.05) is 14.2 Å². The molecule has 0 heterocycles. The Morgan fingerprint density at radius 3 is 1.50 bits per heavy atom. The minimum absolute atomic E-state index is 0.194. The maximum atomic E-state index is 13.9. The van der Waals surface area contributed by atoms with Crippen molar-refractivity contribution in [2.45, 2.75) is 30.9 Å². The second-order valence-corrected chi connectivity index (χ2v) is 4.74. The van der Waals surface area contributed by atoms with Crippen LogP contribution < -0.4 is 9.47 Å². The van der Waals surface area contributed by atoms with Gasteiger partial charge in [-0.25, -0.2) is 0 Å². The first-order chi connectivity index (χ1) is 10.6. The van der Waals surface area contributed by atoms with Gasteiger partial charge in [-0.3, -0.25) is 0 Å².